The second-order valence-electron chi connectivity index (χ2n) is 10.3. The smallest absolute Gasteiger partial charge is 0.341 e. The van der Waals surface area contributed by atoms with Gasteiger partial charge in [0.15, 0.2) is 23.3 Å². The summed E-state index contributed by atoms with van der Waals surface area (Å²) < 4.78 is 11.4. The van der Waals surface area contributed by atoms with Crippen LogP contribution < -0.4 is 14.8 Å². The number of hydrogen-bond acceptors (Lipinski definition) is 7. The number of halogens is 1. The zero-order valence-electron chi connectivity index (χ0n) is 26.8. The maximum atomic E-state index is 14.1. The number of carbonyl (C=O) groups is 4. The van der Waals surface area contributed by atoms with Crippen molar-refractivity contribution in [2.24, 2.45) is 4.99 Å². The Kier molecular flexibility index (Phi) is 13.3. The summed E-state index contributed by atoms with van der Waals surface area (Å²) in [7, 11) is 0. The zero-order valence-corrected chi connectivity index (χ0v) is 29.2. The number of aliphatic imine (C=N–C) groups is 1. The Morgan fingerprint density at radius 2 is 1.67 bits per heavy atom. The van der Waals surface area contributed by atoms with E-state index >= 15 is 0 Å². The number of benzene rings is 3. The number of amides is 3. The quantitative estimate of drug-likeness (QED) is 0.106. The summed E-state index contributed by atoms with van der Waals surface area (Å²) in [5, 5.41) is 12.1. The first-order valence-corrected chi connectivity index (χ1v) is 16.9. The molecule has 0 radical (unpaired) electrons. The lowest BCUT2D eigenvalue weighted by Gasteiger charge is -2.28. The van der Waals surface area contributed by atoms with Crippen molar-refractivity contribution >= 4 is 62.6 Å². The molecule has 12 heteroatoms. The molecule has 1 aliphatic heterocycles. The number of rotatable bonds is 14. The maximum absolute atomic E-state index is 14.1. The molecule has 0 atom stereocenters. The number of thioether (sulfide) groups is 1. The van der Waals surface area contributed by atoms with Gasteiger partial charge >= 0.3 is 5.97 Å². The van der Waals surface area contributed by atoms with Gasteiger partial charge in [-0.2, -0.15) is 4.99 Å². The number of carboxylic acids is 1. The van der Waals surface area contributed by atoms with Crippen molar-refractivity contribution in [1.29, 1.82) is 0 Å². The summed E-state index contributed by atoms with van der Waals surface area (Å²) in [6.07, 6.45) is 7.89. The van der Waals surface area contributed by atoms with Crippen molar-refractivity contribution in [1.82, 2.24) is 10.2 Å². The van der Waals surface area contributed by atoms with E-state index in [4.69, 9.17) is 14.6 Å². The van der Waals surface area contributed by atoms with E-state index in [2.05, 4.69) is 32.8 Å². The first kappa shape index (κ1) is 36.6. The van der Waals surface area contributed by atoms with Crippen LogP contribution >= 0.6 is 27.7 Å². The fraction of sp³-hybridized carbons (Fsp3) is 0.162. The molecule has 3 aromatic carbocycles. The molecule has 252 valence electrons. The van der Waals surface area contributed by atoms with Crippen LogP contribution in [0.3, 0.4) is 0 Å². The van der Waals surface area contributed by atoms with Crippen molar-refractivity contribution in [3.8, 4) is 11.5 Å². The lowest BCUT2D eigenvalue weighted by atomic mass is 9.99. The Labute approximate surface area is 297 Å². The van der Waals surface area contributed by atoms with Crippen LogP contribution in [-0.2, 0) is 19.2 Å². The fourth-order valence-corrected chi connectivity index (χ4v) is 5.98. The van der Waals surface area contributed by atoms with Crippen molar-refractivity contribution < 1.29 is 33.8 Å². The maximum Gasteiger partial charge on any atom is 0.341 e. The van der Waals surface area contributed by atoms with E-state index in [1.54, 1.807) is 38.2 Å². The second-order valence-corrected chi connectivity index (χ2v) is 12.0. The zero-order chi connectivity index (χ0) is 35.3. The number of nitrogens with one attached hydrogen (secondary N) is 1. The first-order chi connectivity index (χ1) is 23.7. The summed E-state index contributed by atoms with van der Waals surface area (Å²) in [4.78, 5) is 57.5. The van der Waals surface area contributed by atoms with Crippen molar-refractivity contribution in [3.05, 3.63) is 136 Å². The SMILES string of the molecule is C=C/C=C\C(=C/C)N1C(=O)/C(=C/c2cc(OCC)c(OCC(=O)O)cc2Br)C(=O)N=C1SCC(=O)NC(c1ccccc1)c1ccccc1. The minimum Gasteiger partial charge on any atom is -0.490 e. The van der Waals surface area contributed by atoms with Crippen LogP contribution in [0.2, 0.25) is 0 Å². The fourth-order valence-electron chi connectivity index (χ4n) is 4.73. The standard InChI is InChI=1S/C37H34BrN3O7S/c1-4-7-18-27(5-2)41-36(46)28(19-26-20-30(47-6-3)31(21-29(26)38)48-22-33(43)44)35(45)40-37(41)49-23-32(42)39-34(24-14-10-8-11-15-24)25-16-12-9-13-17-25/h4-5,7-21,34H,1,6,22-23H2,2-3H3,(H,39,42)(H,43,44)/b18-7-,27-5+,28-19+. The number of amidine groups is 1. The van der Waals surface area contributed by atoms with E-state index in [-0.39, 0.29) is 40.5 Å². The van der Waals surface area contributed by atoms with Gasteiger partial charge in [-0.3, -0.25) is 19.3 Å². The number of carboxylic acid groups (broad SMARTS) is 1. The first-order valence-electron chi connectivity index (χ1n) is 15.1. The Bertz CT molecular complexity index is 1800. The molecule has 4 rings (SSSR count). The lowest BCUT2D eigenvalue weighted by molar-refractivity contribution is -0.139. The normalized spacial score (nSPS) is 14.3. The van der Waals surface area contributed by atoms with Crippen LogP contribution in [0.1, 0.15) is 36.6 Å². The second kappa shape index (κ2) is 17.8. The predicted octanol–water partition coefficient (Wildman–Crippen LogP) is 6.70. The largest absolute Gasteiger partial charge is 0.490 e. The van der Waals surface area contributed by atoms with Gasteiger partial charge in [0.1, 0.15) is 5.57 Å². The van der Waals surface area contributed by atoms with Crippen molar-refractivity contribution in [2.75, 3.05) is 19.0 Å². The summed E-state index contributed by atoms with van der Waals surface area (Å²) in [5.74, 6) is -2.68. The molecule has 0 unspecified atom stereocenters. The molecule has 0 aromatic heterocycles. The minimum absolute atomic E-state index is 0.0339. The molecule has 0 bridgehead atoms. The van der Waals surface area contributed by atoms with Crippen LogP contribution in [0, 0.1) is 0 Å². The van der Waals surface area contributed by atoms with E-state index < -0.39 is 30.4 Å². The summed E-state index contributed by atoms with van der Waals surface area (Å²) in [6, 6.07) is 21.7. The Morgan fingerprint density at radius 3 is 2.24 bits per heavy atom. The highest BCUT2D eigenvalue weighted by atomic mass is 79.9. The van der Waals surface area contributed by atoms with Gasteiger partial charge in [-0.1, -0.05) is 113 Å². The van der Waals surface area contributed by atoms with Crippen molar-refractivity contribution in [2.45, 2.75) is 19.9 Å². The van der Waals surface area contributed by atoms with Gasteiger partial charge in [-0.25, -0.2) is 4.79 Å². The van der Waals surface area contributed by atoms with Crippen LogP contribution in [-0.4, -0.2) is 57.8 Å². The number of nitrogens with zero attached hydrogens (tertiary/aromatic N) is 2. The third-order valence-corrected chi connectivity index (χ3v) is 8.55. The van der Waals surface area contributed by atoms with Crippen LogP contribution in [0.4, 0.5) is 0 Å². The highest BCUT2D eigenvalue weighted by Gasteiger charge is 2.35. The van der Waals surface area contributed by atoms with Gasteiger partial charge in [0, 0.05) is 10.2 Å². The van der Waals surface area contributed by atoms with Gasteiger partial charge in [0.25, 0.3) is 11.8 Å². The number of carbonyl (C=O) groups excluding carboxylic acids is 3. The predicted molar refractivity (Wildman–Crippen MR) is 194 cm³/mol. The van der Waals surface area contributed by atoms with Gasteiger partial charge < -0.3 is 19.9 Å². The number of hydrogen-bond donors (Lipinski definition) is 2. The molecule has 1 aliphatic rings. The van der Waals surface area contributed by atoms with Crippen LogP contribution in [0.25, 0.3) is 6.08 Å². The van der Waals surface area contributed by atoms with E-state index in [0.717, 1.165) is 22.9 Å². The molecule has 49 heavy (non-hydrogen) atoms. The van der Waals surface area contributed by atoms with Crippen LogP contribution in [0.15, 0.2) is 124 Å². The number of ether oxygens (including phenoxy) is 2. The van der Waals surface area contributed by atoms with Crippen LogP contribution in [0.5, 0.6) is 11.5 Å². The number of aliphatic carboxylic acids is 1. The molecule has 1 heterocycles. The molecule has 0 fully saturated rings. The Hall–Kier alpha value is -5.20. The highest BCUT2D eigenvalue weighted by molar-refractivity contribution is 9.10. The summed E-state index contributed by atoms with van der Waals surface area (Å²) in [6.45, 7) is 6.85. The lowest BCUT2D eigenvalue weighted by Crippen LogP contribution is -2.42. The molecule has 3 aromatic rings. The van der Waals surface area contributed by atoms with E-state index in [0.29, 0.717) is 15.7 Å². The monoisotopic (exact) mass is 743 g/mol. The van der Waals surface area contributed by atoms with Gasteiger partial charge in [-0.05, 0) is 54.8 Å². The average Bonchev–Trinajstić information content (AvgIpc) is 3.10. The molecule has 0 saturated heterocycles. The Balaban J connectivity index is 1.66. The van der Waals surface area contributed by atoms with E-state index in [1.807, 2.05) is 60.7 Å². The molecule has 0 spiro atoms. The highest BCUT2D eigenvalue weighted by Crippen LogP contribution is 2.36. The molecule has 10 nitrogen and oxygen atoms in total. The molecule has 0 aliphatic carbocycles. The summed E-state index contributed by atoms with van der Waals surface area (Å²) in [5.41, 5.74) is 2.36. The molecule has 0 saturated carbocycles. The summed E-state index contributed by atoms with van der Waals surface area (Å²) >= 11 is 4.38. The van der Waals surface area contributed by atoms with Crippen molar-refractivity contribution in [3.63, 3.8) is 0 Å². The Morgan fingerprint density at radius 1 is 1.04 bits per heavy atom. The van der Waals surface area contributed by atoms with E-state index in [9.17, 15) is 19.2 Å². The van der Waals surface area contributed by atoms with E-state index in [1.165, 1.54) is 23.1 Å². The average molecular weight is 745 g/mol. The van der Waals surface area contributed by atoms with Gasteiger partial charge in [0.2, 0.25) is 5.91 Å². The third kappa shape index (κ3) is 9.68. The number of allylic oxidation sites excluding steroid dienone is 4. The molecule has 2 N–H and O–H groups in total. The molecular formula is C37H34BrN3O7S. The molecule has 3 amide bonds. The van der Waals surface area contributed by atoms with Gasteiger partial charge in [0.05, 0.1) is 18.4 Å². The molecular weight excluding hydrogens is 710 g/mol. The third-order valence-electron chi connectivity index (χ3n) is 6.93. The van der Waals surface area contributed by atoms with Gasteiger partial charge in [-0.15, -0.1) is 0 Å². The minimum atomic E-state index is -1.16. The topological polar surface area (TPSA) is 135 Å².